The Kier molecular flexibility index (Phi) is 5.05. The summed E-state index contributed by atoms with van der Waals surface area (Å²) in [5.74, 6) is 1.05. The fraction of sp³-hybridized carbons (Fsp3) is 0.350. The quantitative estimate of drug-likeness (QED) is 0.650. The predicted molar refractivity (Wildman–Crippen MR) is 110 cm³/mol. The monoisotopic (exact) mass is 380 g/mol. The van der Waals surface area contributed by atoms with Crippen LogP contribution >= 0.6 is 12.2 Å². The Hall–Kier alpha value is -2.51. The van der Waals surface area contributed by atoms with Crippen molar-refractivity contribution in [2.45, 2.75) is 20.5 Å². The van der Waals surface area contributed by atoms with Gasteiger partial charge in [-0.15, -0.1) is 0 Å². The maximum atomic E-state index is 5.69. The molecule has 0 aliphatic carbocycles. The van der Waals surface area contributed by atoms with Gasteiger partial charge in [0, 0.05) is 32.4 Å². The summed E-state index contributed by atoms with van der Waals surface area (Å²) in [6, 6.07) is 12.5. The highest BCUT2D eigenvalue weighted by Gasteiger charge is 2.19. The lowest BCUT2D eigenvalue weighted by Crippen LogP contribution is -2.47. The van der Waals surface area contributed by atoms with Gasteiger partial charge in [0.15, 0.2) is 0 Å². The molecule has 0 saturated carbocycles. The molecule has 1 aliphatic heterocycles. The van der Waals surface area contributed by atoms with Crippen molar-refractivity contribution >= 4 is 18.0 Å². The van der Waals surface area contributed by atoms with Crippen LogP contribution in [-0.4, -0.2) is 50.4 Å². The molecule has 1 aromatic carbocycles. The number of piperazine rings is 1. The van der Waals surface area contributed by atoms with Crippen molar-refractivity contribution in [1.82, 2.24) is 24.2 Å². The third-order valence-electron chi connectivity index (χ3n) is 5.04. The van der Waals surface area contributed by atoms with Crippen LogP contribution in [0.5, 0.6) is 0 Å². The fourth-order valence-electron chi connectivity index (χ4n) is 3.43. The lowest BCUT2D eigenvalue weighted by atomic mass is 10.1. The second kappa shape index (κ2) is 7.62. The molecule has 140 valence electrons. The molecular weight excluding hydrogens is 356 g/mol. The topological polar surface area (TPSA) is 42.1 Å². The Morgan fingerprint density at radius 1 is 1.04 bits per heavy atom. The van der Waals surface area contributed by atoms with Crippen molar-refractivity contribution in [3.05, 3.63) is 64.8 Å². The van der Waals surface area contributed by atoms with Gasteiger partial charge < -0.3 is 4.90 Å². The maximum Gasteiger partial charge on any atom is 0.203 e. The molecular formula is C20H24N6S. The largest absolute Gasteiger partial charge is 0.354 e. The van der Waals surface area contributed by atoms with Crippen LogP contribution in [0.15, 0.2) is 48.9 Å². The van der Waals surface area contributed by atoms with Gasteiger partial charge in [-0.2, -0.15) is 5.10 Å². The molecule has 7 heteroatoms. The van der Waals surface area contributed by atoms with E-state index in [1.54, 1.807) is 0 Å². The first-order valence-electron chi connectivity index (χ1n) is 9.22. The molecule has 6 nitrogen and oxygen atoms in total. The number of aryl methyl sites for hydroxylation is 2. The van der Waals surface area contributed by atoms with Crippen LogP contribution in [0.25, 0.3) is 5.69 Å². The molecule has 0 atom stereocenters. The summed E-state index contributed by atoms with van der Waals surface area (Å²) in [5.41, 5.74) is 3.52. The molecule has 0 unspecified atom stereocenters. The van der Waals surface area contributed by atoms with Gasteiger partial charge in [-0.3, -0.25) is 9.47 Å². The normalized spacial score (nSPS) is 15.3. The molecule has 0 spiro atoms. The number of anilines is 1. The Bertz CT molecular complexity index is 970. The Balaban J connectivity index is 1.45. The highest BCUT2D eigenvalue weighted by molar-refractivity contribution is 7.71. The maximum absolute atomic E-state index is 5.69. The molecule has 3 aromatic rings. The first kappa shape index (κ1) is 17.9. The molecule has 27 heavy (non-hydrogen) atoms. The molecule has 0 radical (unpaired) electrons. The lowest BCUT2D eigenvalue weighted by Gasteiger charge is -2.35. The SMILES string of the molecule is Cc1ccc(C)c(-n2cnn(CN3CCN(c4ccccn4)CC3)c2=S)c1. The average molecular weight is 381 g/mol. The van der Waals surface area contributed by atoms with Gasteiger partial charge in [-0.25, -0.2) is 9.67 Å². The molecule has 2 aromatic heterocycles. The number of nitrogens with zero attached hydrogens (tertiary/aromatic N) is 6. The second-order valence-electron chi connectivity index (χ2n) is 7.01. The fourth-order valence-corrected chi connectivity index (χ4v) is 3.68. The van der Waals surface area contributed by atoms with Crippen molar-refractivity contribution in [1.29, 1.82) is 0 Å². The highest BCUT2D eigenvalue weighted by atomic mass is 32.1. The first-order chi connectivity index (χ1) is 13.1. The van der Waals surface area contributed by atoms with E-state index in [-0.39, 0.29) is 0 Å². The number of hydrogen-bond donors (Lipinski definition) is 0. The van der Waals surface area contributed by atoms with Crippen LogP contribution in [-0.2, 0) is 6.67 Å². The van der Waals surface area contributed by atoms with Crippen LogP contribution in [0, 0.1) is 18.6 Å². The van der Waals surface area contributed by atoms with E-state index >= 15 is 0 Å². The standard InChI is InChI=1S/C20H24N6S/c1-16-6-7-17(2)18(13-16)25-14-22-26(20(25)27)15-23-9-11-24(12-10-23)19-5-3-4-8-21-19/h3-8,13-14H,9-12,15H2,1-2H3. The van der Waals surface area contributed by atoms with E-state index in [4.69, 9.17) is 12.2 Å². The number of hydrogen-bond acceptors (Lipinski definition) is 5. The van der Waals surface area contributed by atoms with Crippen molar-refractivity contribution in [2.75, 3.05) is 31.1 Å². The summed E-state index contributed by atoms with van der Waals surface area (Å²) >= 11 is 5.69. The van der Waals surface area contributed by atoms with Crippen molar-refractivity contribution in [3.8, 4) is 5.69 Å². The minimum absolute atomic E-state index is 0.715. The van der Waals surface area contributed by atoms with Crippen molar-refractivity contribution in [2.24, 2.45) is 0 Å². The summed E-state index contributed by atoms with van der Waals surface area (Å²) in [7, 11) is 0. The highest BCUT2D eigenvalue weighted by Crippen LogP contribution is 2.17. The van der Waals surface area contributed by atoms with Gasteiger partial charge in [-0.1, -0.05) is 18.2 Å². The summed E-state index contributed by atoms with van der Waals surface area (Å²) in [5, 5.41) is 4.54. The Labute approximate surface area is 164 Å². The lowest BCUT2D eigenvalue weighted by molar-refractivity contribution is 0.194. The third-order valence-corrected chi connectivity index (χ3v) is 5.44. The molecule has 3 heterocycles. The summed E-state index contributed by atoms with van der Waals surface area (Å²) in [4.78, 5) is 9.16. The average Bonchev–Trinajstić information content (AvgIpc) is 3.05. The molecule has 0 bridgehead atoms. The minimum Gasteiger partial charge on any atom is -0.354 e. The van der Waals surface area contributed by atoms with Gasteiger partial charge in [0.1, 0.15) is 12.1 Å². The molecule has 1 fully saturated rings. The van der Waals surface area contributed by atoms with E-state index in [1.165, 1.54) is 11.1 Å². The van der Waals surface area contributed by atoms with E-state index in [0.717, 1.165) is 42.5 Å². The molecule has 4 rings (SSSR count). The van der Waals surface area contributed by atoms with Crippen LogP contribution in [0.1, 0.15) is 11.1 Å². The molecule has 0 amide bonds. The predicted octanol–water partition coefficient (Wildman–Crippen LogP) is 3.19. The number of rotatable bonds is 4. The Morgan fingerprint density at radius 3 is 2.59 bits per heavy atom. The number of aromatic nitrogens is 4. The number of benzene rings is 1. The van der Waals surface area contributed by atoms with Crippen molar-refractivity contribution in [3.63, 3.8) is 0 Å². The van der Waals surface area contributed by atoms with Crippen LogP contribution in [0.3, 0.4) is 0 Å². The molecule has 1 aliphatic rings. The first-order valence-corrected chi connectivity index (χ1v) is 9.63. The third kappa shape index (κ3) is 3.79. The van der Waals surface area contributed by atoms with E-state index in [1.807, 2.05) is 33.9 Å². The summed E-state index contributed by atoms with van der Waals surface area (Å²) in [6.45, 7) is 8.77. The number of pyridine rings is 1. The Morgan fingerprint density at radius 2 is 1.85 bits per heavy atom. The molecule has 0 N–H and O–H groups in total. The van der Waals surface area contributed by atoms with E-state index in [9.17, 15) is 0 Å². The van der Waals surface area contributed by atoms with Crippen LogP contribution in [0.2, 0.25) is 0 Å². The molecule has 1 saturated heterocycles. The van der Waals surface area contributed by atoms with Crippen molar-refractivity contribution < 1.29 is 0 Å². The second-order valence-corrected chi connectivity index (χ2v) is 7.37. The zero-order chi connectivity index (χ0) is 18.8. The summed E-state index contributed by atoms with van der Waals surface area (Å²) < 4.78 is 4.64. The van der Waals surface area contributed by atoms with E-state index in [2.05, 4.69) is 58.0 Å². The van der Waals surface area contributed by atoms with Gasteiger partial charge in [0.2, 0.25) is 4.77 Å². The van der Waals surface area contributed by atoms with Crippen LogP contribution < -0.4 is 4.90 Å². The summed E-state index contributed by atoms with van der Waals surface area (Å²) in [6.07, 6.45) is 3.68. The minimum atomic E-state index is 0.715. The van der Waals surface area contributed by atoms with Gasteiger partial charge in [0.25, 0.3) is 0 Å². The van der Waals surface area contributed by atoms with Gasteiger partial charge in [-0.05, 0) is 55.4 Å². The smallest absolute Gasteiger partial charge is 0.203 e. The zero-order valence-corrected chi connectivity index (χ0v) is 16.6. The van der Waals surface area contributed by atoms with Gasteiger partial charge in [0.05, 0.1) is 12.4 Å². The van der Waals surface area contributed by atoms with E-state index < -0.39 is 0 Å². The van der Waals surface area contributed by atoms with Crippen LogP contribution in [0.4, 0.5) is 5.82 Å². The van der Waals surface area contributed by atoms with Gasteiger partial charge >= 0.3 is 0 Å². The van der Waals surface area contributed by atoms with E-state index in [0.29, 0.717) is 6.67 Å². The zero-order valence-electron chi connectivity index (χ0n) is 15.7.